The number of halogens is 1. The molecular weight excluding hydrogens is 348 g/mol. The molecule has 0 radical (unpaired) electrons. The Labute approximate surface area is 152 Å². The second-order valence-electron chi connectivity index (χ2n) is 5.63. The lowest BCUT2D eigenvalue weighted by atomic mass is 9.97. The van der Waals surface area contributed by atoms with Crippen molar-refractivity contribution in [1.82, 2.24) is 4.90 Å². The lowest BCUT2D eigenvalue weighted by Gasteiger charge is -2.31. The number of esters is 1. The van der Waals surface area contributed by atoms with Gasteiger partial charge in [0.2, 0.25) is 0 Å². The Kier molecular flexibility index (Phi) is 6.75. The highest BCUT2D eigenvalue weighted by atomic mass is 35.5. The third-order valence-corrected chi connectivity index (χ3v) is 4.41. The van der Waals surface area contributed by atoms with Gasteiger partial charge in [0.05, 0.1) is 37.5 Å². The largest absolute Gasteiger partial charge is 0.495 e. The highest BCUT2D eigenvalue weighted by molar-refractivity contribution is 6.32. The summed E-state index contributed by atoms with van der Waals surface area (Å²) in [4.78, 5) is 25.9. The van der Waals surface area contributed by atoms with Crippen LogP contribution in [0.3, 0.4) is 0 Å². The van der Waals surface area contributed by atoms with Crippen LogP contribution in [-0.2, 0) is 9.53 Å². The Morgan fingerprint density at radius 2 is 1.84 bits per heavy atom. The Balaban J connectivity index is 1.99. The van der Waals surface area contributed by atoms with Gasteiger partial charge in [0, 0.05) is 19.2 Å². The number of urea groups is 1. The van der Waals surface area contributed by atoms with Gasteiger partial charge in [-0.2, -0.15) is 0 Å². The maximum absolute atomic E-state index is 12.5. The molecule has 1 fully saturated rings. The minimum atomic E-state index is -0.262. The number of anilines is 1. The molecule has 0 bridgehead atoms. The normalized spacial score (nSPS) is 14.8. The lowest BCUT2D eigenvalue weighted by Crippen LogP contribution is -2.42. The van der Waals surface area contributed by atoms with Crippen LogP contribution in [0.25, 0.3) is 0 Å². The van der Waals surface area contributed by atoms with Crippen molar-refractivity contribution in [2.75, 3.05) is 39.2 Å². The summed E-state index contributed by atoms with van der Waals surface area (Å²) in [7, 11) is 3.01. The maximum atomic E-state index is 12.5. The number of rotatable bonds is 5. The molecule has 2 rings (SSSR count). The summed E-state index contributed by atoms with van der Waals surface area (Å²) in [6, 6.07) is 2.94. The number of methoxy groups -OCH3 is 2. The molecule has 0 aromatic heterocycles. The molecule has 1 aromatic rings. The van der Waals surface area contributed by atoms with Gasteiger partial charge in [-0.3, -0.25) is 4.79 Å². The number of nitrogens with one attached hydrogen (secondary N) is 1. The zero-order valence-corrected chi connectivity index (χ0v) is 15.4. The van der Waals surface area contributed by atoms with E-state index in [-0.39, 0.29) is 17.9 Å². The predicted octanol–water partition coefficient (Wildman–Crippen LogP) is 3.16. The first-order valence-corrected chi connectivity index (χ1v) is 8.52. The number of nitrogens with zero attached hydrogens (tertiary/aromatic N) is 1. The van der Waals surface area contributed by atoms with Crippen LogP contribution < -0.4 is 14.8 Å². The summed E-state index contributed by atoms with van der Waals surface area (Å²) in [5, 5.41) is 3.17. The van der Waals surface area contributed by atoms with Gasteiger partial charge in [-0.1, -0.05) is 11.6 Å². The standard InChI is InChI=1S/C17H23ClN2O5/c1-4-25-16(21)11-5-7-20(8-6-11)17(22)19-13-9-12(18)14(23-2)10-15(13)24-3/h9-11H,4-8H2,1-3H3,(H,19,22). The van der Waals surface area contributed by atoms with E-state index in [1.165, 1.54) is 14.2 Å². The van der Waals surface area contributed by atoms with Gasteiger partial charge in [-0.05, 0) is 25.8 Å². The van der Waals surface area contributed by atoms with Crippen molar-refractivity contribution in [2.24, 2.45) is 5.92 Å². The zero-order chi connectivity index (χ0) is 18.4. The van der Waals surface area contributed by atoms with Crippen LogP contribution in [0, 0.1) is 5.92 Å². The predicted molar refractivity (Wildman–Crippen MR) is 94.5 cm³/mol. The summed E-state index contributed by atoms with van der Waals surface area (Å²) >= 11 is 6.11. The van der Waals surface area contributed by atoms with Crippen molar-refractivity contribution >= 4 is 29.3 Å². The first kappa shape index (κ1) is 19.2. The van der Waals surface area contributed by atoms with E-state index in [0.29, 0.717) is 54.7 Å². The minimum absolute atomic E-state index is 0.144. The smallest absolute Gasteiger partial charge is 0.321 e. The number of benzene rings is 1. The fraction of sp³-hybridized carbons (Fsp3) is 0.529. The van der Waals surface area contributed by atoms with Gasteiger partial charge in [-0.25, -0.2) is 4.79 Å². The lowest BCUT2D eigenvalue weighted by molar-refractivity contribution is -0.149. The SMILES string of the molecule is CCOC(=O)C1CCN(C(=O)Nc2cc(Cl)c(OC)cc2OC)CC1. The highest BCUT2D eigenvalue weighted by Crippen LogP contribution is 2.36. The highest BCUT2D eigenvalue weighted by Gasteiger charge is 2.28. The van der Waals surface area contributed by atoms with Crippen molar-refractivity contribution in [3.63, 3.8) is 0 Å². The third-order valence-electron chi connectivity index (χ3n) is 4.12. The molecule has 1 aromatic carbocycles. The fourth-order valence-corrected chi connectivity index (χ4v) is 2.97. The number of carbonyl (C=O) groups is 2. The van der Waals surface area contributed by atoms with E-state index in [0.717, 1.165) is 0 Å². The van der Waals surface area contributed by atoms with Gasteiger partial charge >= 0.3 is 12.0 Å². The molecule has 0 aliphatic carbocycles. The summed E-state index contributed by atoms with van der Waals surface area (Å²) in [6.07, 6.45) is 1.18. The first-order chi connectivity index (χ1) is 12.0. The Morgan fingerprint density at radius 3 is 2.40 bits per heavy atom. The quantitative estimate of drug-likeness (QED) is 0.805. The van der Waals surface area contributed by atoms with Gasteiger partial charge in [0.15, 0.2) is 0 Å². The number of likely N-dealkylation sites (tertiary alicyclic amines) is 1. The topological polar surface area (TPSA) is 77.1 Å². The molecule has 0 unspecified atom stereocenters. The van der Waals surface area contributed by atoms with E-state index in [4.69, 9.17) is 25.8 Å². The summed E-state index contributed by atoms with van der Waals surface area (Å²) in [6.45, 7) is 3.13. The summed E-state index contributed by atoms with van der Waals surface area (Å²) in [5.41, 5.74) is 0.464. The van der Waals surface area contributed by atoms with Gasteiger partial charge < -0.3 is 24.4 Å². The van der Waals surface area contributed by atoms with Crippen LogP contribution in [0.4, 0.5) is 10.5 Å². The fourth-order valence-electron chi connectivity index (χ4n) is 2.73. The van der Waals surface area contributed by atoms with E-state index in [9.17, 15) is 9.59 Å². The molecule has 7 nitrogen and oxygen atoms in total. The number of hydrogen-bond acceptors (Lipinski definition) is 5. The Hall–Kier alpha value is -2.15. The number of amides is 2. The molecule has 1 aliphatic heterocycles. The molecule has 1 aliphatic rings. The minimum Gasteiger partial charge on any atom is -0.495 e. The number of carbonyl (C=O) groups excluding carboxylic acids is 2. The second kappa shape index (κ2) is 8.80. The summed E-state index contributed by atoms with van der Waals surface area (Å²) in [5.74, 6) is 0.586. The van der Waals surface area contributed by atoms with Crippen molar-refractivity contribution in [3.8, 4) is 11.5 Å². The molecule has 0 spiro atoms. The number of piperidine rings is 1. The Bertz CT molecular complexity index is 630. The van der Waals surface area contributed by atoms with Crippen LogP contribution in [0.5, 0.6) is 11.5 Å². The van der Waals surface area contributed by atoms with Crippen LogP contribution in [0.15, 0.2) is 12.1 Å². The van der Waals surface area contributed by atoms with Crippen molar-refractivity contribution in [2.45, 2.75) is 19.8 Å². The van der Waals surface area contributed by atoms with E-state index in [1.54, 1.807) is 24.0 Å². The van der Waals surface area contributed by atoms with Crippen LogP contribution in [0.2, 0.25) is 5.02 Å². The van der Waals surface area contributed by atoms with Crippen LogP contribution in [0.1, 0.15) is 19.8 Å². The number of hydrogen-bond donors (Lipinski definition) is 1. The molecule has 1 heterocycles. The van der Waals surface area contributed by atoms with Crippen LogP contribution in [-0.4, -0.2) is 50.8 Å². The molecule has 2 amide bonds. The van der Waals surface area contributed by atoms with Crippen molar-refractivity contribution < 1.29 is 23.8 Å². The average molecular weight is 371 g/mol. The molecule has 0 atom stereocenters. The molecular formula is C17H23ClN2O5. The van der Waals surface area contributed by atoms with Gasteiger partial charge in [0.25, 0.3) is 0 Å². The number of ether oxygens (including phenoxy) is 3. The molecule has 1 saturated heterocycles. The average Bonchev–Trinajstić information content (AvgIpc) is 2.62. The van der Waals surface area contributed by atoms with Gasteiger partial charge in [0.1, 0.15) is 11.5 Å². The first-order valence-electron chi connectivity index (χ1n) is 8.14. The molecule has 25 heavy (non-hydrogen) atoms. The van der Waals surface area contributed by atoms with Gasteiger partial charge in [-0.15, -0.1) is 0 Å². The van der Waals surface area contributed by atoms with Crippen LogP contribution >= 0.6 is 11.6 Å². The maximum Gasteiger partial charge on any atom is 0.321 e. The molecule has 1 N–H and O–H groups in total. The van der Waals surface area contributed by atoms with E-state index >= 15 is 0 Å². The van der Waals surface area contributed by atoms with E-state index in [2.05, 4.69) is 5.32 Å². The zero-order valence-electron chi connectivity index (χ0n) is 14.6. The van der Waals surface area contributed by atoms with Crippen molar-refractivity contribution in [1.29, 1.82) is 0 Å². The Morgan fingerprint density at radius 1 is 1.20 bits per heavy atom. The monoisotopic (exact) mass is 370 g/mol. The molecule has 138 valence electrons. The molecule has 8 heteroatoms. The second-order valence-corrected chi connectivity index (χ2v) is 6.04. The summed E-state index contributed by atoms with van der Waals surface area (Å²) < 4.78 is 15.4. The van der Waals surface area contributed by atoms with E-state index in [1.807, 2.05) is 0 Å². The molecule has 0 saturated carbocycles. The van der Waals surface area contributed by atoms with Crippen molar-refractivity contribution in [3.05, 3.63) is 17.2 Å². The van der Waals surface area contributed by atoms with E-state index < -0.39 is 0 Å². The third kappa shape index (κ3) is 4.69.